The zero-order valence-corrected chi connectivity index (χ0v) is 12.2. The molecule has 0 unspecified atom stereocenters. The number of methoxy groups -OCH3 is 1. The van der Waals surface area contributed by atoms with Crippen molar-refractivity contribution in [2.45, 2.75) is 0 Å². The molecule has 7 heteroatoms. The number of ether oxygens (including phenoxy) is 1. The van der Waals surface area contributed by atoms with Crippen molar-refractivity contribution in [1.29, 1.82) is 0 Å². The quantitative estimate of drug-likeness (QED) is 0.741. The minimum Gasteiger partial charge on any atom is -0.507 e. The number of hydrogen-bond acceptors (Lipinski definition) is 5. The van der Waals surface area contributed by atoms with Crippen molar-refractivity contribution in [3.05, 3.63) is 47.5 Å². The fraction of sp³-hybridized carbons (Fsp3) is 0.0667. The molecule has 112 valence electrons. The van der Waals surface area contributed by atoms with Crippen LogP contribution in [-0.4, -0.2) is 23.4 Å². The second-order valence-corrected chi connectivity index (χ2v) is 5.42. The second-order valence-electron chi connectivity index (χ2n) is 4.41. The van der Waals surface area contributed by atoms with Crippen LogP contribution in [-0.2, 0) is 0 Å². The molecule has 0 aliphatic carbocycles. The van der Waals surface area contributed by atoms with Gasteiger partial charge in [-0.15, -0.1) is 0 Å². The van der Waals surface area contributed by atoms with Gasteiger partial charge in [-0.05, 0) is 18.2 Å². The van der Waals surface area contributed by atoms with Gasteiger partial charge in [0.2, 0.25) is 5.13 Å². The van der Waals surface area contributed by atoms with E-state index >= 15 is 0 Å². The fourth-order valence-electron chi connectivity index (χ4n) is 1.89. The lowest BCUT2D eigenvalue weighted by Crippen LogP contribution is -1.86. The molecule has 1 N–H and O–H groups in total. The second kappa shape index (κ2) is 5.69. The zero-order chi connectivity index (χ0) is 15.7. The van der Waals surface area contributed by atoms with E-state index in [9.17, 15) is 13.9 Å². The molecule has 4 nitrogen and oxygen atoms in total. The highest BCUT2D eigenvalue weighted by Crippen LogP contribution is 2.31. The number of rotatable bonds is 3. The third-order valence-corrected chi connectivity index (χ3v) is 3.86. The van der Waals surface area contributed by atoms with Crippen molar-refractivity contribution in [1.82, 2.24) is 4.98 Å². The van der Waals surface area contributed by atoms with E-state index in [4.69, 9.17) is 4.74 Å². The van der Waals surface area contributed by atoms with Gasteiger partial charge in [-0.1, -0.05) is 11.3 Å². The SMILES string of the molecule is COc1ccc(C=Nc2nc3c(F)cc(F)cc3s2)c(O)c1. The highest BCUT2D eigenvalue weighted by molar-refractivity contribution is 7.22. The van der Waals surface area contributed by atoms with Crippen LogP contribution in [0.15, 0.2) is 35.3 Å². The summed E-state index contributed by atoms with van der Waals surface area (Å²) >= 11 is 1.06. The summed E-state index contributed by atoms with van der Waals surface area (Å²) in [4.78, 5) is 8.10. The first-order valence-corrected chi connectivity index (χ1v) is 7.05. The molecule has 2 aromatic carbocycles. The number of aromatic nitrogens is 1. The topological polar surface area (TPSA) is 54.7 Å². The third kappa shape index (κ3) is 2.75. The van der Waals surface area contributed by atoms with Crippen molar-refractivity contribution >= 4 is 32.9 Å². The Bertz CT molecular complexity index is 877. The predicted octanol–water partition coefficient (Wildman–Crippen LogP) is 4.04. The molecule has 0 spiro atoms. The predicted molar refractivity (Wildman–Crippen MR) is 81.4 cm³/mol. The van der Waals surface area contributed by atoms with Crippen molar-refractivity contribution < 1.29 is 18.6 Å². The first kappa shape index (κ1) is 14.4. The summed E-state index contributed by atoms with van der Waals surface area (Å²) in [7, 11) is 1.50. The van der Waals surface area contributed by atoms with E-state index in [2.05, 4.69) is 9.98 Å². The molecule has 1 aromatic heterocycles. The Balaban J connectivity index is 1.94. The van der Waals surface area contributed by atoms with Crippen LogP contribution in [0, 0.1) is 11.6 Å². The van der Waals surface area contributed by atoms with Gasteiger partial charge >= 0.3 is 0 Å². The number of fused-ring (bicyclic) bond motifs is 1. The molecular formula is C15H10F2N2O2S. The van der Waals surface area contributed by atoms with E-state index in [1.54, 1.807) is 12.1 Å². The van der Waals surface area contributed by atoms with E-state index in [1.165, 1.54) is 25.5 Å². The largest absolute Gasteiger partial charge is 0.507 e. The van der Waals surface area contributed by atoms with E-state index in [0.29, 0.717) is 16.0 Å². The molecular weight excluding hydrogens is 310 g/mol. The lowest BCUT2D eigenvalue weighted by atomic mass is 10.2. The summed E-state index contributed by atoms with van der Waals surface area (Å²) in [6.45, 7) is 0. The highest BCUT2D eigenvalue weighted by atomic mass is 32.1. The minimum absolute atomic E-state index is 0.00133. The van der Waals surface area contributed by atoms with E-state index in [0.717, 1.165) is 17.4 Å². The first-order chi connectivity index (χ1) is 10.6. The molecule has 0 fully saturated rings. The van der Waals surface area contributed by atoms with Crippen LogP contribution in [0.25, 0.3) is 10.2 Å². The fourth-order valence-corrected chi connectivity index (χ4v) is 2.74. The Morgan fingerprint density at radius 3 is 2.82 bits per heavy atom. The number of phenolic OH excluding ortho intramolecular Hbond substituents is 1. The molecule has 1 heterocycles. The van der Waals surface area contributed by atoms with Crippen LogP contribution >= 0.6 is 11.3 Å². The van der Waals surface area contributed by atoms with Crippen molar-refractivity contribution in [3.8, 4) is 11.5 Å². The van der Waals surface area contributed by atoms with Gasteiger partial charge in [0.05, 0.1) is 11.8 Å². The minimum atomic E-state index is -0.722. The van der Waals surface area contributed by atoms with Crippen molar-refractivity contribution in [2.75, 3.05) is 7.11 Å². The van der Waals surface area contributed by atoms with E-state index in [-0.39, 0.29) is 16.4 Å². The van der Waals surface area contributed by atoms with E-state index in [1.807, 2.05) is 0 Å². The van der Waals surface area contributed by atoms with Crippen LogP contribution in [0.5, 0.6) is 11.5 Å². The average Bonchev–Trinajstić information content (AvgIpc) is 2.89. The molecule has 0 radical (unpaired) electrons. The van der Waals surface area contributed by atoms with E-state index < -0.39 is 11.6 Å². The van der Waals surface area contributed by atoms with Gasteiger partial charge in [-0.25, -0.2) is 18.8 Å². The Morgan fingerprint density at radius 1 is 1.27 bits per heavy atom. The first-order valence-electron chi connectivity index (χ1n) is 6.23. The van der Waals surface area contributed by atoms with Gasteiger partial charge in [0.15, 0.2) is 5.82 Å². The lowest BCUT2D eigenvalue weighted by molar-refractivity contribution is 0.407. The molecule has 3 aromatic rings. The molecule has 0 aliphatic rings. The summed E-state index contributed by atoms with van der Waals surface area (Å²) in [5.74, 6) is -0.856. The maximum atomic E-state index is 13.6. The smallest absolute Gasteiger partial charge is 0.210 e. The summed E-state index contributed by atoms with van der Waals surface area (Å²) < 4.78 is 32.1. The maximum Gasteiger partial charge on any atom is 0.210 e. The summed E-state index contributed by atoms with van der Waals surface area (Å²) in [6.07, 6.45) is 1.40. The number of aromatic hydroxyl groups is 1. The van der Waals surface area contributed by atoms with Crippen LogP contribution in [0.4, 0.5) is 13.9 Å². The van der Waals surface area contributed by atoms with Crippen LogP contribution in [0.1, 0.15) is 5.56 Å². The Labute approximate surface area is 128 Å². The Morgan fingerprint density at radius 2 is 2.09 bits per heavy atom. The monoisotopic (exact) mass is 320 g/mol. The highest BCUT2D eigenvalue weighted by Gasteiger charge is 2.10. The van der Waals surface area contributed by atoms with Gasteiger partial charge in [0.25, 0.3) is 0 Å². The Kier molecular flexibility index (Phi) is 3.72. The number of nitrogens with zero attached hydrogens (tertiary/aromatic N) is 2. The average molecular weight is 320 g/mol. The van der Waals surface area contributed by atoms with Crippen LogP contribution < -0.4 is 4.74 Å². The molecule has 3 rings (SSSR count). The standard InChI is InChI=1S/C15H10F2N2O2S/c1-21-10-3-2-8(12(20)6-10)7-18-15-19-14-11(17)4-9(16)5-13(14)22-15/h2-7,20H,1H3. The number of hydrogen-bond donors (Lipinski definition) is 1. The van der Waals surface area contributed by atoms with Crippen molar-refractivity contribution in [2.24, 2.45) is 4.99 Å². The Hall–Kier alpha value is -2.54. The third-order valence-electron chi connectivity index (χ3n) is 2.95. The molecule has 22 heavy (non-hydrogen) atoms. The summed E-state index contributed by atoms with van der Waals surface area (Å²) in [6, 6.07) is 6.75. The number of phenols is 1. The molecule has 0 amide bonds. The summed E-state index contributed by atoms with van der Waals surface area (Å²) in [5, 5.41) is 10.1. The molecule has 0 aliphatic heterocycles. The molecule has 0 bridgehead atoms. The maximum absolute atomic E-state index is 13.6. The number of aliphatic imine (C=N–C) groups is 1. The van der Waals surface area contributed by atoms with Crippen LogP contribution in [0.2, 0.25) is 0 Å². The van der Waals surface area contributed by atoms with Gasteiger partial charge in [0, 0.05) is 23.9 Å². The summed E-state index contributed by atoms with van der Waals surface area (Å²) in [5.41, 5.74) is 0.546. The van der Waals surface area contributed by atoms with Crippen molar-refractivity contribution in [3.63, 3.8) is 0 Å². The number of thiazole rings is 1. The van der Waals surface area contributed by atoms with Gasteiger partial charge in [-0.2, -0.15) is 0 Å². The number of halogens is 2. The number of benzene rings is 2. The van der Waals surface area contributed by atoms with Gasteiger partial charge in [-0.3, -0.25) is 0 Å². The molecule has 0 saturated carbocycles. The lowest BCUT2D eigenvalue weighted by Gasteiger charge is -2.02. The molecule has 0 atom stereocenters. The van der Waals surface area contributed by atoms with Crippen LogP contribution in [0.3, 0.4) is 0 Å². The normalized spacial score (nSPS) is 11.4. The molecule has 0 saturated heterocycles. The van der Waals surface area contributed by atoms with Gasteiger partial charge in [0.1, 0.15) is 22.8 Å². The van der Waals surface area contributed by atoms with Gasteiger partial charge < -0.3 is 9.84 Å². The zero-order valence-electron chi connectivity index (χ0n) is 11.4.